The maximum absolute atomic E-state index is 12.1. The van der Waals surface area contributed by atoms with Crippen molar-refractivity contribution < 1.29 is 24.2 Å². The Kier molecular flexibility index (Phi) is 4.69. The van der Waals surface area contributed by atoms with Crippen LogP contribution in [0, 0.1) is 5.92 Å². The van der Waals surface area contributed by atoms with E-state index in [1.165, 1.54) is 19.2 Å². The van der Waals surface area contributed by atoms with E-state index >= 15 is 0 Å². The van der Waals surface area contributed by atoms with Gasteiger partial charge in [-0.25, -0.2) is 4.79 Å². The average Bonchev–Trinajstić information content (AvgIpc) is 2.86. The molecule has 2 unspecified atom stereocenters. The molecule has 0 saturated carbocycles. The fourth-order valence-corrected chi connectivity index (χ4v) is 2.43. The van der Waals surface area contributed by atoms with E-state index in [4.69, 9.17) is 26.2 Å². The number of methoxy groups -OCH3 is 1. The standard InChI is InChI=1S/C14H16ClNO5/c1-7-3-4-21-12(7)13(17)16-10-6-11(20-2)8(14(18)19)5-9(10)15/h5-7,12H,3-4H2,1-2H3,(H,16,17)(H,18,19). The Morgan fingerprint density at radius 3 is 2.71 bits per heavy atom. The summed E-state index contributed by atoms with van der Waals surface area (Å²) < 4.78 is 10.4. The monoisotopic (exact) mass is 313 g/mol. The molecule has 0 spiro atoms. The predicted octanol–water partition coefficient (Wildman–Crippen LogP) is 2.41. The number of anilines is 1. The lowest BCUT2D eigenvalue weighted by Crippen LogP contribution is -2.31. The predicted molar refractivity (Wildman–Crippen MR) is 77.1 cm³/mol. The van der Waals surface area contributed by atoms with Crippen molar-refractivity contribution >= 4 is 29.2 Å². The maximum atomic E-state index is 12.1. The van der Waals surface area contributed by atoms with E-state index in [-0.39, 0.29) is 28.2 Å². The molecule has 0 aliphatic carbocycles. The van der Waals surface area contributed by atoms with Crippen molar-refractivity contribution in [2.45, 2.75) is 19.4 Å². The summed E-state index contributed by atoms with van der Waals surface area (Å²) in [6.07, 6.45) is 0.304. The molecule has 0 bridgehead atoms. The lowest BCUT2D eigenvalue weighted by atomic mass is 10.0. The van der Waals surface area contributed by atoms with E-state index < -0.39 is 12.1 Å². The van der Waals surface area contributed by atoms with Gasteiger partial charge in [0.25, 0.3) is 5.91 Å². The van der Waals surface area contributed by atoms with E-state index in [1.807, 2.05) is 6.92 Å². The molecule has 1 aliphatic heterocycles. The van der Waals surface area contributed by atoms with Crippen LogP contribution >= 0.6 is 11.6 Å². The largest absolute Gasteiger partial charge is 0.496 e. The Labute approximate surface area is 127 Å². The number of carboxylic acid groups (broad SMARTS) is 1. The molecule has 21 heavy (non-hydrogen) atoms. The van der Waals surface area contributed by atoms with Gasteiger partial charge in [0, 0.05) is 12.7 Å². The van der Waals surface area contributed by atoms with Crippen molar-refractivity contribution in [3.63, 3.8) is 0 Å². The highest BCUT2D eigenvalue weighted by atomic mass is 35.5. The van der Waals surface area contributed by atoms with Gasteiger partial charge in [0.05, 0.1) is 17.8 Å². The summed E-state index contributed by atoms with van der Waals surface area (Å²) in [6, 6.07) is 2.64. The zero-order valence-corrected chi connectivity index (χ0v) is 12.4. The molecule has 1 aromatic rings. The SMILES string of the molecule is COc1cc(NC(=O)C2OCCC2C)c(Cl)cc1C(=O)O. The van der Waals surface area contributed by atoms with Crippen LogP contribution in [0.4, 0.5) is 5.69 Å². The first kappa shape index (κ1) is 15.6. The van der Waals surface area contributed by atoms with E-state index in [0.29, 0.717) is 12.3 Å². The van der Waals surface area contributed by atoms with Crippen molar-refractivity contribution in [3.8, 4) is 5.75 Å². The average molecular weight is 314 g/mol. The number of rotatable bonds is 4. The van der Waals surface area contributed by atoms with Crippen molar-refractivity contribution in [1.29, 1.82) is 0 Å². The highest BCUT2D eigenvalue weighted by Crippen LogP contribution is 2.32. The van der Waals surface area contributed by atoms with Crippen LogP contribution in [0.3, 0.4) is 0 Å². The van der Waals surface area contributed by atoms with Gasteiger partial charge in [0.1, 0.15) is 17.4 Å². The number of aromatic carboxylic acids is 1. The molecule has 7 heteroatoms. The van der Waals surface area contributed by atoms with Crippen LogP contribution in [0.15, 0.2) is 12.1 Å². The van der Waals surface area contributed by atoms with E-state index in [9.17, 15) is 9.59 Å². The quantitative estimate of drug-likeness (QED) is 0.891. The molecule has 6 nitrogen and oxygen atoms in total. The summed E-state index contributed by atoms with van der Waals surface area (Å²) in [5, 5.41) is 11.8. The first-order valence-electron chi connectivity index (χ1n) is 6.47. The summed E-state index contributed by atoms with van der Waals surface area (Å²) in [7, 11) is 1.35. The zero-order valence-electron chi connectivity index (χ0n) is 11.7. The second-order valence-corrected chi connectivity index (χ2v) is 5.29. The minimum absolute atomic E-state index is 0.0639. The normalized spacial score (nSPS) is 21.1. The van der Waals surface area contributed by atoms with Crippen LogP contribution in [0.5, 0.6) is 5.75 Å². The summed E-state index contributed by atoms with van der Waals surface area (Å²) in [6.45, 7) is 2.49. The van der Waals surface area contributed by atoms with Gasteiger partial charge >= 0.3 is 5.97 Å². The Morgan fingerprint density at radius 1 is 1.48 bits per heavy atom. The van der Waals surface area contributed by atoms with Gasteiger partial charge in [0.15, 0.2) is 0 Å². The number of hydrogen-bond donors (Lipinski definition) is 2. The molecule has 2 rings (SSSR count). The van der Waals surface area contributed by atoms with Gasteiger partial charge in [-0.05, 0) is 18.4 Å². The number of carbonyl (C=O) groups excluding carboxylic acids is 1. The third kappa shape index (κ3) is 3.28. The molecule has 0 radical (unpaired) electrons. The number of carboxylic acids is 1. The molecule has 2 atom stereocenters. The lowest BCUT2D eigenvalue weighted by molar-refractivity contribution is -0.126. The third-order valence-corrected chi connectivity index (χ3v) is 3.74. The maximum Gasteiger partial charge on any atom is 0.339 e. The highest BCUT2D eigenvalue weighted by Gasteiger charge is 2.31. The Bertz CT molecular complexity index is 575. The van der Waals surface area contributed by atoms with Crippen LogP contribution in [-0.2, 0) is 9.53 Å². The molecule has 1 amide bonds. The molecule has 1 heterocycles. The van der Waals surface area contributed by atoms with E-state index in [1.54, 1.807) is 0 Å². The van der Waals surface area contributed by atoms with Crippen molar-refractivity contribution in [2.24, 2.45) is 5.92 Å². The molecule has 1 saturated heterocycles. The van der Waals surface area contributed by atoms with E-state index in [0.717, 1.165) is 6.42 Å². The number of benzene rings is 1. The van der Waals surface area contributed by atoms with Gasteiger partial charge in [0.2, 0.25) is 0 Å². The fraction of sp³-hybridized carbons (Fsp3) is 0.429. The van der Waals surface area contributed by atoms with Gasteiger partial charge in [-0.15, -0.1) is 0 Å². The Morgan fingerprint density at radius 2 is 2.19 bits per heavy atom. The summed E-state index contributed by atoms with van der Waals surface area (Å²) in [5.41, 5.74) is 0.234. The fourth-order valence-electron chi connectivity index (χ4n) is 2.22. The second kappa shape index (κ2) is 6.32. The molecule has 114 valence electrons. The van der Waals surface area contributed by atoms with Crippen LogP contribution < -0.4 is 10.1 Å². The summed E-state index contributed by atoms with van der Waals surface area (Å²) in [5.74, 6) is -1.20. The lowest BCUT2D eigenvalue weighted by Gasteiger charge is -2.16. The molecule has 2 N–H and O–H groups in total. The first-order valence-corrected chi connectivity index (χ1v) is 6.85. The molecule has 0 aromatic heterocycles. The zero-order chi connectivity index (χ0) is 15.6. The van der Waals surface area contributed by atoms with Crippen molar-refractivity contribution in [3.05, 3.63) is 22.7 Å². The smallest absolute Gasteiger partial charge is 0.339 e. The van der Waals surface area contributed by atoms with Crippen LogP contribution in [0.25, 0.3) is 0 Å². The topological polar surface area (TPSA) is 84.9 Å². The third-order valence-electron chi connectivity index (χ3n) is 3.42. The highest BCUT2D eigenvalue weighted by molar-refractivity contribution is 6.34. The van der Waals surface area contributed by atoms with Crippen LogP contribution in [0.2, 0.25) is 5.02 Å². The van der Waals surface area contributed by atoms with Gasteiger partial charge in [-0.1, -0.05) is 18.5 Å². The minimum atomic E-state index is -1.15. The number of halogens is 1. The molecular formula is C14H16ClNO5. The number of amides is 1. The van der Waals surface area contributed by atoms with Gasteiger partial charge in [-0.3, -0.25) is 4.79 Å². The van der Waals surface area contributed by atoms with Crippen LogP contribution in [-0.4, -0.2) is 36.8 Å². The molecule has 1 aromatic carbocycles. The van der Waals surface area contributed by atoms with Gasteiger partial charge in [-0.2, -0.15) is 0 Å². The molecular weight excluding hydrogens is 298 g/mol. The molecule has 1 fully saturated rings. The van der Waals surface area contributed by atoms with Crippen LogP contribution in [0.1, 0.15) is 23.7 Å². The summed E-state index contributed by atoms with van der Waals surface area (Å²) >= 11 is 6.02. The Balaban J connectivity index is 2.24. The molecule has 1 aliphatic rings. The minimum Gasteiger partial charge on any atom is -0.496 e. The second-order valence-electron chi connectivity index (χ2n) is 4.88. The van der Waals surface area contributed by atoms with E-state index in [2.05, 4.69) is 5.32 Å². The van der Waals surface area contributed by atoms with Crippen molar-refractivity contribution in [2.75, 3.05) is 19.0 Å². The Hall–Kier alpha value is -1.79. The number of hydrogen-bond acceptors (Lipinski definition) is 4. The van der Waals surface area contributed by atoms with Crippen molar-refractivity contribution in [1.82, 2.24) is 0 Å². The number of nitrogens with one attached hydrogen (secondary N) is 1. The number of ether oxygens (including phenoxy) is 2. The van der Waals surface area contributed by atoms with Gasteiger partial charge < -0.3 is 19.9 Å². The summed E-state index contributed by atoms with van der Waals surface area (Å²) in [4.78, 5) is 23.2. The first-order chi connectivity index (χ1) is 9.93. The number of carbonyl (C=O) groups is 2.